The molecule has 2 aliphatic heterocycles. The summed E-state index contributed by atoms with van der Waals surface area (Å²) in [5.41, 5.74) is 0.235. The van der Waals surface area contributed by atoms with Crippen LogP contribution in [-0.2, 0) is 38.1 Å². The van der Waals surface area contributed by atoms with E-state index in [1.807, 2.05) is 0 Å². The van der Waals surface area contributed by atoms with Crippen LogP contribution in [0.1, 0.15) is 27.2 Å². The Morgan fingerprint density at radius 1 is 1.29 bits per heavy atom. The molecule has 2 N–H and O–H groups in total. The number of carbonyl (C=O) groups excluding carboxylic acids is 2. The van der Waals surface area contributed by atoms with Crippen LogP contribution >= 0.6 is 0 Å². The predicted octanol–water partition coefficient (Wildman–Crippen LogP) is -0.689. The molecule has 0 spiro atoms. The van der Waals surface area contributed by atoms with Crippen LogP contribution in [0.2, 0.25) is 0 Å². The fourth-order valence-corrected chi connectivity index (χ4v) is 3.30. The smallest absolute Gasteiger partial charge is 0.367 e. The zero-order chi connectivity index (χ0) is 21.1. The van der Waals surface area contributed by atoms with Gasteiger partial charge in [0.2, 0.25) is 5.91 Å². The summed E-state index contributed by atoms with van der Waals surface area (Å²) in [4.78, 5) is 29.0. The molecule has 0 aliphatic carbocycles. The maximum Gasteiger partial charge on any atom is 0.367 e. The van der Waals surface area contributed by atoms with Gasteiger partial charge in [-0.1, -0.05) is 5.16 Å². The van der Waals surface area contributed by atoms with Gasteiger partial charge in [-0.25, -0.2) is 4.79 Å². The lowest BCUT2D eigenvalue weighted by atomic mass is 9.89. The van der Waals surface area contributed by atoms with Crippen LogP contribution in [0, 0.1) is 0 Å². The molecule has 0 saturated carbocycles. The highest BCUT2D eigenvalue weighted by Crippen LogP contribution is 2.34. The molecule has 0 aromatic carbocycles. The number of rotatable bonds is 6. The molecule has 11 nitrogen and oxygen atoms in total. The van der Waals surface area contributed by atoms with Crippen molar-refractivity contribution in [2.24, 2.45) is 5.16 Å². The van der Waals surface area contributed by atoms with Crippen LogP contribution in [-0.4, -0.2) is 86.6 Å². The topological polar surface area (TPSA) is 134 Å². The second-order valence-corrected chi connectivity index (χ2v) is 7.01. The van der Waals surface area contributed by atoms with Gasteiger partial charge in [0, 0.05) is 14.0 Å². The molecule has 0 aromatic rings. The molecule has 5 atom stereocenters. The van der Waals surface area contributed by atoms with E-state index in [4.69, 9.17) is 28.5 Å². The number of methoxy groups -OCH3 is 2. The fourth-order valence-electron chi connectivity index (χ4n) is 3.30. The lowest BCUT2D eigenvalue weighted by Crippen LogP contribution is -2.66. The van der Waals surface area contributed by atoms with Crippen molar-refractivity contribution in [1.82, 2.24) is 5.32 Å². The standard InChI is InChI=1S/C17H28N2O9/c1-9(20)18-12-10(19-25-6)7-17(24-5,15(22)23-4)28-14(12)13(21)11-8-26-16(2,3)27-11/h11-14,21H,7-8H2,1-6H3,(H,18,20)/b19-10+/t11-,12-,13-,14?,17+/m1/s1. The van der Waals surface area contributed by atoms with E-state index in [0.717, 1.165) is 0 Å². The first-order valence-electron chi connectivity index (χ1n) is 8.77. The first-order chi connectivity index (χ1) is 13.1. The van der Waals surface area contributed by atoms with Crippen molar-refractivity contribution in [1.29, 1.82) is 0 Å². The molecule has 2 rings (SSSR count). The monoisotopic (exact) mass is 404 g/mol. The fraction of sp³-hybridized carbons (Fsp3) is 0.824. The Hall–Kier alpha value is -1.79. The SMILES string of the molecule is CO/N=C1\C[C@@](OC)(C(=O)OC)OC([C@H](O)[C@H]2COC(C)(C)O2)[C@@H]1NC(C)=O. The number of hydrogen-bond donors (Lipinski definition) is 2. The third-order valence-corrected chi connectivity index (χ3v) is 4.57. The maximum absolute atomic E-state index is 12.4. The summed E-state index contributed by atoms with van der Waals surface area (Å²) in [6, 6.07) is -0.896. The first-order valence-corrected chi connectivity index (χ1v) is 8.77. The number of amides is 1. The summed E-state index contributed by atoms with van der Waals surface area (Å²) >= 11 is 0. The number of nitrogens with zero attached hydrogens (tertiary/aromatic N) is 1. The maximum atomic E-state index is 12.4. The van der Waals surface area contributed by atoms with E-state index in [2.05, 4.69) is 10.5 Å². The van der Waals surface area contributed by atoms with Crippen LogP contribution < -0.4 is 5.32 Å². The predicted molar refractivity (Wildman–Crippen MR) is 94.2 cm³/mol. The minimum atomic E-state index is -1.87. The van der Waals surface area contributed by atoms with E-state index in [9.17, 15) is 14.7 Å². The largest absolute Gasteiger partial charge is 0.465 e. The number of aliphatic hydroxyl groups is 1. The van der Waals surface area contributed by atoms with E-state index in [1.54, 1.807) is 13.8 Å². The second-order valence-electron chi connectivity index (χ2n) is 7.01. The average Bonchev–Trinajstić information content (AvgIpc) is 3.01. The van der Waals surface area contributed by atoms with Gasteiger partial charge in [-0.2, -0.15) is 0 Å². The highest BCUT2D eigenvalue weighted by Gasteiger charge is 2.56. The number of esters is 1. The highest BCUT2D eigenvalue weighted by atomic mass is 16.8. The molecule has 1 amide bonds. The number of carbonyl (C=O) groups is 2. The molecule has 0 aromatic heterocycles. The zero-order valence-corrected chi connectivity index (χ0v) is 16.9. The van der Waals surface area contributed by atoms with Crippen LogP contribution in [0.4, 0.5) is 0 Å². The van der Waals surface area contributed by atoms with Gasteiger partial charge in [0.05, 0.1) is 31.9 Å². The summed E-state index contributed by atoms with van der Waals surface area (Å²) in [7, 11) is 3.77. The highest BCUT2D eigenvalue weighted by molar-refractivity contribution is 5.98. The molecular formula is C17H28N2O9. The lowest BCUT2D eigenvalue weighted by molar-refractivity contribution is -0.275. The summed E-state index contributed by atoms with van der Waals surface area (Å²) in [5, 5.41) is 17.6. The normalized spacial score (nSPS) is 34.7. The van der Waals surface area contributed by atoms with Crippen molar-refractivity contribution < 1.29 is 43.2 Å². The Bertz CT molecular complexity index is 624. The number of oxime groups is 1. The average molecular weight is 404 g/mol. The van der Waals surface area contributed by atoms with Crippen LogP contribution in [0.15, 0.2) is 5.16 Å². The van der Waals surface area contributed by atoms with Crippen molar-refractivity contribution in [3.63, 3.8) is 0 Å². The van der Waals surface area contributed by atoms with Gasteiger partial charge in [-0.05, 0) is 13.8 Å². The molecule has 28 heavy (non-hydrogen) atoms. The number of hydrogen-bond acceptors (Lipinski definition) is 10. The van der Waals surface area contributed by atoms with Crippen LogP contribution in [0.25, 0.3) is 0 Å². The summed E-state index contributed by atoms with van der Waals surface area (Å²) in [6.07, 6.45) is -3.40. The number of aliphatic hydroxyl groups excluding tert-OH is 1. The van der Waals surface area contributed by atoms with Gasteiger partial charge in [0.15, 0.2) is 5.79 Å². The molecule has 2 aliphatic rings. The molecule has 160 valence electrons. The third kappa shape index (κ3) is 4.61. The van der Waals surface area contributed by atoms with Crippen LogP contribution in [0.3, 0.4) is 0 Å². The van der Waals surface area contributed by atoms with Gasteiger partial charge in [0.1, 0.15) is 25.4 Å². The van der Waals surface area contributed by atoms with E-state index in [-0.39, 0.29) is 24.6 Å². The van der Waals surface area contributed by atoms with E-state index in [0.29, 0.717) is 0 Å². The van der Waals surface area contributed by atoms with Crippen molar-refractivity contribution in [3.8, 4) is 0 Å². The molecule has 11 heteroatoms. The second kappa shape index (κ2) is 8.70. The Balaban J connectivity index is 2.43. The number of ether oxygens (including phenoxy) is 5. The molecule has 2 heterocycles. The Morgan fingerprint density at radius 2 is 1.96 bits per heavy atom. The van der Waals surface area contributed by atoms with Gasteiger partial charge in [-0.3, -0.25) is 4.79 Å². The lowest BCUT2D eigenvalue weighted by Gasteiger charge is -2.44. The Kier molecular flexibility index (Phi) is 6.99. The third-order valence-electron chi connectivity index (χ3n) is 4.57. The summed E-state index contributed by atoms with van der Waals surface area (Å²) in [5.74, 6) is -3.97. The quantitative estimate of drug-likeness (QED) is 0.436. The van der Waals surface area contributed by atoms with Gasteiger partial charge in [-0.15, -0.1) is 0 Å². The van der Waals surface area contributed by atoms with Crippen molar-refractivity contribution in [2.75, 3.05) is 27.9 Å². The Labute approximate surface area is 163 Å². The Morgan fingerprint density at radius 3 is 2.43 bits per heavy atom. The molecule has 0 radical (unpaired) electrons. The first kappa shape index (κ1) is 22.5. The van der Waals surface area contributed by atoms with E-state index < -0.39 is 41.9 Å². The van der Waals surface area contributed by atoms with Gasteiger partial charge < -0.3 is 38.9 Å². The van der Waals surface area contributed by atoms with Crippen molar-refractivity contribution >= 4 is 17.6 Å². The molecule has 0 bridgehead atoms. The minimum Gasteiger partial charge on any atom is -0.465 e. The van der Waals surface area contributed by atoms with Crippen molar-refractivity contribution in [3.05, 3.63) is 0 Å². The number of nitrogens with one attached hydrogen (secondary N) is 1. The molecule has 2 fully saturated rings. The van der Waals surface area contributed by atoms with E-state index >= 15 is 0 Å². The molecule has 1 unspecified atom stereocenters. The minimum absolute atomic E-state index is 0.0930. The van der Waals surface area contributed by atoms with E-state index in [1.165, 1.54) is 28.3 Å². The van der Waals surface area contributed by atoms with Crippen molar-refractivity contribution in [2.45, 2.75) is 63.1 Å². The summed E-state index contributed by atoms with van der Waals surface area (Å²) in [6.45, 7) is 4.82. The van der Waals surface area contributed by atoms with Gasteiger partial charge in [0.25, 0.3) is 5.79 Å². The summed E-state index contributed by atoms with van der Waals surface area (Å²) < 4.78 is 27.2. The zero-order valence-electron chi connectivity index (χ0n) is 16.9. The molecular weight excluding hydrogens is 376 g/mol. The van der Waals surface area contributed by atoms with Crippen LogP contribution in [0.5, 0.6) is 0 Å². The van der Waals surface area contributed by atoms with Gasteiger partial charge >= 0.3 is 5.97 Å². The molecule has 2 saturated heterocycles.